The molecule has 0 fully saturated rings. The maximum absolute atomic E-state index is 10.8. The van der Waals surface area contributed by atoms with Crippen LogP contribution in [-0.4, -0.2) is 37.3 Å². The van der Waals surface area contributed by atoms with E-state index < -0.39 is 10.0 Å². The molecule has 0 saturated heterocycles. The van der Waals surface area contributed by atoms with Crippen LogP contribution in [0.5, 0.6) is 0 Å². The fourth-order valence-electron chi connectivity index (χ4n) is 1.62. The molecular formula is C11H22N4O2S. The van der Waals surface area contributed by atoms with Gasteiger partial charge in [-0.15, -0.1) is 0 Å². The second kappa shape index (κ2) is 6.86. The van der Waals surface area contributed by atoms with Crippen molar-refractivity contribution in [2.24, 2.45) is 0 Å². The summed E-state index contributed by atoms with van der Waals surface area (Å²) >= 11 is 0. The Labute approximate surface area is 109 Å². The Balaban J connectivity index is 2.20. The maximum atomic E-state index is 10.8. The highest BCUT2D eigenvalue weighted by Crippen LogP contribution is 2.08. The summed E-state index contributed by atoms with van der Waals surface area (Å²) in [6.45, 7) is 6.21. The van der Waals surface area contributed by atoms with Crippen LogP contribution in [0.4, 0.5) is 0 Å². The van der Waals surface area contributed by atoms with Crippen molar-refractivity contribution in [2.45, 2.75) is 32.9 Å². The van der Waals surface area contributed by atoms with Crippen molar-refractivity contribution in [1.29, 1.82) is 0 Å². The molecule has 7 heteroatoms. The number of nitrogens with one attached hydrogen (secondary N) is 2. The van der Waals surface area contributed by atoms with Crippen LogP contribution in [0.3, 0.4) is 0 Å². The minimum atomic E-state index is -3.06. The number of nitrogens with zero attached hydrogens (tertiary/aromatic N) is 2. The van der Waals surface area contributed by atoms with Gasteiger partial charge in [-0.05, 0) is 26.8 Å². The highest BCUT2D eigenvalue weighted by Gasteiger charge is 2.04. The van der Waals surface area contributed by atoms with Gasteiger partial charge in [-0.2, -0.15) is 0 Å². The first-order valence-corrected chi connectivity index (χ1v) is 7.95. The Morgan fingerprint density at radius 1 is 1.39 bits per heavy atom. The van der Waals surface area contributed by atoms with Crippen molar-refractivity contribution in [1.82, 2.24) is 19.6 Å². The summed E-state index contributed by atoms with van der Waals surface area (Å²) in [5, 5.41) is 3.27. The fourth-order valence-corrected chi connectivity index (χ4v) is 2.14. The molecule has 0 atom stereocenters. The minimum absolute atomic E-state index is 0.399. The van der Waals surface area contributed by atoms with Crippen molar-refractivity contribution in [3.05, 3.63) is 18.2 Å². The van der Waals surface area contributed by atoms with E-state index in [-0.39, 0.29) is 0 Å². The van der Waals surface area contributed by atoms with Crippen LogP contribution in [0.1, 0.15) is 32.0 Å². The van der Waals surface area contributed by atoms with Crippen molar-refractivity contribution in [3.8, 4) is 0 Å². The van der Waals surface area contributed by atoms with Gasteiger partial charge in [-0.25, -0.2) is 18.1 Å². The molecule has 0 bridgehead atoms. The Morgan fingerprint density at radius 3 is 2.72 bits per heavy atom. The average molecular weight is 274 g/mol. The molecule has 104 valence electrons. The third-order valence-electron chi connectivity index (χ3n) is 2.50. The van der Waals surface area contributed by atoms with E-state index in [4.69, 9.17) is 0 Å². The molecule has 0 saturated carbocycles. The van der Waals surface area contributed by atoms with Crippen LogP contribution in [0.15, 0.2) is 12.5 Å². The van der Waals surface area contributed by atoms with Gasteiger partial charge in [-0.1, -0.05) is 0 Å². The van der Waals surface area contributed by atoms with Gasteiger partial charge in [0.1, 0.15) is 0 Å². The third kappa shape index (κ3) is 5.61. The molecule has 0 spiro atoms. The molecule has 1 aromatic rings. The molecule has 0 amide bonds. The quantitative estimate of drug-likeness (QED) is 0.677. The Morgan fingerprint density at radius 2 is 2.11 bits per heavy atom. The lowest BCUT2D eigenvalue weighted by molar-refractivity contribution is 0.543. The number of imidazole rings is 1. The number of hydrogen-bond acceptors (Lipinski definition) is 4. The van der Waals surface area contributed by atoms with E-state index in [2.05, 4.69) is 33.4 Å². The topological polar surface area (TPSA) is 76.0 Å². The standard InChI is InChI=1S/C11H22N4O2S/c1-10(2)15-9-13-8-11(15)7-12-5-4-6-14-18(3,16)17/h8-10,12,14H,4-7H2,1-3H3. The van der Waals surface area contributed by atoms with Crippen LogP contribution in [0.2, 0.25) is 0 Å². The van der Waals surface area contributed by atoms with Crippen molar-refractivity contribution >= 4 is 10.0 Å². The molecule has 1 rings (SSSR count). The molecular weight excluding hydrogens is 252 g/mol. The highest BCUT2D eigenvalue weighted by molar-refractivity contribution is 7.88. The molecule has 0 aliphatic rings. The monoisotopic (exact) mass is 274 g/mol. The molecule has 0 radical (unpaired) electrons. The second-order valence-electron chi connectivity index (χ2n) is 4.58. The molecule has 0 aliphatic carbocycles. The van der Waals surface area contributed by atoms with Crippen LogP contribution < -0.4 is 10.0 Å². The number of sulfonamides is 1. The Bertz CT molecular complexity index is 453. The fraction of sp³-hybridized carbons (Fsp3) is 0.727. The zero-order chi connectivity index (χ0) is 13.6. The summed E-state index contributed by atoms with van der Waals surface area (Å²) in [4.78, 5) is 4.12. The molecule has 1 heterocycles. The molecule has 0 unspecified atom stereocenters. The van der Waals surface area contributed by atoms with E-state index in [1.807, 2.05) is 12.5 Å². The van der Waals surface area contributed by atoms with Crippen LogP contribution in [-0.2, 0) is 16.6 Å². The van der Waals surface area contributed by atoms with Gasteiger partial charge in [0, 0.05) is 25.3 Å². The lowest BCUT2D eigenvalue weighted by atomic mass is 10.3. The SMILES string of the molecule is CC(C)n1cncc1CNCCCNS(C)(=O)=O. The normalized spacial score (nSPS) is 12.2. The lowest BCUT2D eigenvalue weighted by Gasteiger charge is -2.12. The van der Waals surface area contributed by atoms with Gasteiger partial charge in [0.2, 0.25) is 10.0 Å². The average Bonchev–Trinajstić information content (AvgIpc) is 2.69. The van der Waals surface area contributed by atoms with Gasteiger partial charge in [0.05, 0.1) is 18.3 Å². The molecule has 18 heavy (non-hydrogen) atoms. The Kier molecular flexibility index (Phi) is 5.77. The summed E-state index contributed by atoms with van der Waals surface area (Å²) < 4.78 is 26.2. The van der Waals surface area contributed by atoms with E-state index in [1.54, 1.807) is 0 Å². The number of rotatable bonds is 8. The summed E-state index contributed by atoms with van der Waals surface area (Å²) in [5.74, 6) is 0. The lowest BCUT2D eigenvalue weighted by Crippen LogP contribution is -2.26. The summed E-state index contributed by atoms with van der Waals surface area (Å²) in [6, 6.07) is 0.399. The van der Waals surface area contributed by atoms with Crippen molar-refractivity contribution < 1.29 is 8.42 Å². The van der Waals surface area contributed by atoms with Gasteiger partial charge >= 0.3 is 0 Å². The number of aromatic nitrogens is 2. The van der Waals surface area contributed by atoms with Gasteiger partial charge in [0.25, 0.3) is 0 Å². The molecule has 0 aromatic carbocycles. The van der Waals surface area contributed by atoms with E-state index in [0.29, 0.717) is 12.6 Å². The summed E-state index contributed by atoms with van der Waals surface area (Å²) in [5.41, 5.74) is 1.14. The van der Waals surface area contributed by atoms with Crippen LogP contribution in [0.25, 0.3) is 0 Å². The second-order valence-corrected chi connectivity index (χ2v) is 6.42. The first kappa shape index (κ1) is 15.1. The van der Waals surface area contributed by atoms with E-state index in [1.165, 1.54) is 6.26 Å². The first-order chi connectivity index (χ1) is 8.40. The summed E-state index contributed by atoms with van der Waals surface area (Å²) in [7, 11) is -3.06. The summed E-state index contributed by atoms with van der Waals surface area (Å²) in [6.07, 6.45) is 5.61. The third-order valence-corrected chi connectivity index (χ3v) is 3.23. The van der Waals surface area contributed by atoms with Crippen molar-refractivity contribution in [2.75, 3.05) is 19.3 Å². The molecule has 1 aromatic heterocycles. The van der Waals surface area contributed by atoms with E-state index >= 15 is 0 Å². The number of hydrogen-bond donors (Lipinski definition) is 2. The molecule has 6 nitrogen and oxygen atoms in total. The smallest absolute Gasteiger partial charge is 0.208 e. The zero-order valence-electron chi connectivity index (χ0n) is 11.2. The van der Waals surface area contributed by atoms with Crippen LogP contribution >= 0.6 is 0 Å². The first-order valence-electron chi connectivity index (χ1n) is 6.06. The molecule has 2 N–H and O–H groups in total. The van der Waals surface area contributed by atoms with Gasteiger partial charge in [-0.3, -0.25) is 0 Å². The minimum Gasteiger partial charge on any atom is -0.331 e. The predicted molar refractivity (Wildman–Crippen MR) is 71.8 cm³/mol. The molecule has 0 aliphatic heterocycles. The maximum Gasteiger partial charge on any atom is 0.208 e. The van der Waals surface area contributed by atoms with Gasteiger partial charge < -0.3 is 9.88 Å². The van der Waals surface area contributed by atoms with Gasteiger partial charge in [0.15, 0.2) is 0 Å². The van der Waals surface area contributed by atoms with E-state index in [9.17, 15) is 8.42 Å². The largest absolute Gasteiger partial charge is 0.331 e. The predicted octanol–water partition coefficient (Wildman–Crippen LogP) is 0.493. The Hall–Kier alpha value is -0.920. The van der Waals surface area contributed by atoms with Crippen LogP contribution in [0, 0.1) is 0 Å². The van der Waals surface area contributed by atoms with Crippen molar-refractivity contribution in [3.63, 3.8) is 0 Å². The highest BCUT2D eigenvalue weighted by atomic mass is 32.2. The zero-order valence-corrected chi connectivity index (χ0v) is 12.0. The van der Waals surface area contributed by atoms with E-state index in [0.717, 1.165) is 25.2 Å².